The molecule has 4 N–H and O–H groups in total. The topological polar surface area (TPSA) is 84.2 Å². The number of halogens is 1. The first-order chi connectivity index (χ1) is 9.95. The number of hydrogen-bond donors (Lipinski definition) is 3. The van der Waals surface area contributed by atoms with E-state index >= 15 is 0 Å². The summed E-state index contributed by atoms with van der Waals surface area (Å²) in [6.07, 6.45) is 4.55. The Balaban J connectivity index is 1.72. The van der Waals surface area contributed by atoms with Gasteiger partial charge in [-0.3, -0.25) is 9.59 Å². The predicted molar refractivity (Wildman–Crippen MR) is 82.4 cm³/mol. The van der Waals surface area contributed by atoms with E-state index in [1.54, 1.807) is 12.1 Å². The number of amides is 2. The zero-order valence-electron chi connectivity index (χ0n) is 11.7. The molecular weight excluding hydrogens is 290 g/mol. The number of carbonyl (C=O) groups is 2. The van der Waals surface area contributed by atoms with Crippen molar-refractivity contribution in [2.24, 2.45) is 5.73 Å². The Morgan fingerprint density at radius 1 is 1.38 bits per heavy atom. The Hall–Kier alpha value is -1.59. The predicted octanol–water partition coefficient (Wildman–Crippen LogP) is 2.43. The Morgan fingerprint density at radius 3 is 2.81 bits per heavy atom. The molecule has 0 bridgehead atoms. The molecule has 1 aromatic rings. The highest BCUT2D eigenvalue weighted by Gasteiger charge is 2.32. The first-order valence-electron chi connectivity index (χ1n) is 7.16. The van der Waals surface area contributed by atoms with Gasteiger partial charge in [0.15, 0.2) is 0 Å². The monoisotopic (exact) mass is 307 g/mol. The summed E-state index contributed by atoms with van der Waals surface area (Å²) in [6, 6.07) is 3.43. The number of benzene rings is 1. The third-order valence-corrected chi connectivity index (χ3v) is 4.52. The highest BCUT2D eigenvalue weighted by atomic mass is 35.5. The smallest absolute Gasteiger partial charge is 0.228 e. The molecule has 1 saturated carbocycles. The van der Waals surface area contributed by atoms with E-state index in [2.05, 4.69) is 10.6 Å². The van der Waals surface area contributed by atoms with Gasteiger partial charge in [0.25, 0.3) is 0 Å². The fraction of sp³-hybridized carbons (Fsp3) is 0.467. The minimum absolute atomic E-state index is 0.0589. The second-order valence-electron chi connectivity index (χ2n) is 6.01. The minimum atomic E-state index is -0.384. The maximum Gasteiger partial charge on any atom is 0.228 e. The summed E-state index contributed by atoms with van der Waals surface area (Å²) in [5.74, 6) is -0.185. The number of nitrogens with two attached hydrogens (primary N) is 1. The maximum absolute atomic E-state index is 12.2. The second kappa shape index (κ2) is 5.31. The van der Waals surface area contributed by atoms with Gasteiger partial charge in [0.2, 0.25) is 11.8 Å². The van der Waals surface area contributed by atoms with Crippen molar-refractivity contribution in [1.82, 2.24) is 0 Å². The van der Waals surface area contributed by atoms with Gasteiger partial charge in [0, 0.05) is 17.6 Å². The number of rotatable bonds is 3. The van der Waals surface area contributed by atoms with E-state index in [4.69, 9.17) is 17.3 Å². The molecule has 1 heterocycles. The Bertz CT molecular complexity index is 609. The SMILES string of the molecule is NC1(CC(=O)Nc2cc3c(cc2Cl)NC(=O)C3)CCCC1. The van der Waals surface area contributed by atoms with Crippen LogP contribution in [-0.4, -0.2) is 17.4 Å². The van der Waals surface area contributed by atoms with Crippen LogP contribution in [0.15, 0.2) is 12.1 Å². The molecule has 0 aromatic heterocycles. The maximum atomic E-state index is 12.2. The van der Waals surface area contributed by atoms with Crippen molar-refractivity contribution in [2.75, 3.05) is 10.6 Å². The summed E-state index contributed by atoms with van der Waals surface area (Å²) in [7, 11) is 0. The fourth-order valence-corrected chi connectivity index (χ4v) is 3.32. The summed E-state index contributed by atoms with van der Waals surface area (Å²) in [5.41, 5.74) is 7.93. The van der Waals surface area contributed by atoms with Crippen LogP contribution < -0.4 is 16.4 Å². The molecule has 1 aromatic carbocycles. The number of carbonyl (C=O) groups excluding carboxylic acids is 2. The molecule has 0 saturated heterocycles. The largest absolute Gasteiger partial charge is 0.325 e. The normalized spacial score (nSPS) is 19.2. The number of anilines is 2. The van der Waals surface area contributed by atoms with Gasteiger partial charge in [-0.15, -0.1) is 0 Å². The van der Waals surface area contributed by atoms with E-state index in [1.807, 2.05) is 0 Å². The molecule has 1 aliphatic heterocycles. The van der Waals surface area contributed by atoms with Gasteiger partial charge >= 0.3 is 0 Å². The summed E-state index contributed by atoms with van der Waals surface area (Å²) < 4.78 is 0. The molecule has 3 rings (SSSR count). The summed E-state index contributed by atoms with van der Waals surface area (Å²) in [4.78, 5) is 23.5. The fourth-order valence-electron chi connectivity index (χ4n) is 3.11. The van der Waals surface area contributed by atoms with Crippen molar-refractivity contribution in [3.8, 4) is 0 Å². The Morgan fingerprint density at radius 2 is 2.10 bits per heavy atom. The lowest BCUT2D eigenvalue weighted by atomic mass is 9.94. The third kappa shape index (κ3) is 3.04. The Kier molecular flexibility index (Phi) is 3.63. The summed E-state index contributed by atoms with van der Waals surface area (Å²) in [6.45, 7) is 0. The van der Waals surface area contributed by atoms with Crippen LogP contribution in [-0.2, 0) is 16.0 Å². The molecule has 2 amide bonds. The van der Waals surface area contributed by atoms with E-state index in [0.29, 0.717) is 29.2 Å². The van der Waals surface area contributed by atoms with E-state index in [9.17, 15) is 9.59 Å². The molecule has 2 aliphatic rings. The summed E-state index contributed by atoms with van der Waals surface area (Å²) in [5, 5.41) is 5.96. The number of hydrogen-bond acceptors (Lipinski definition) is 3. The molecule has 0 radical (unpaired) electrons. The van der Waals surface area contributed by atoms with Gasteiger partial charge in [-0.2, -0.15) is 0 Å². The first-order valence-corrected chi connectivity index (χ1v) is 7.54. The third-order valence-electron chi connectivity index (χ3n) is 4.20. The van der Waals surface area contributed by atoms with Crippen LogP contribution in [0.25, 0.3) is 0 Å². The lowest BCUT2D eigenvalue weighted by molar-refractivity contribution is -0.117. The highest BCUT2D eigenvalue weighted by molar-refractivity contribution is 6.34. The lowest BCUT2D eigenvalue weighted by Crippen LogP contribution is -2.40. The second-order valence-corrected chi connectivity index (χ2v) is 6.42. The van der Waals surface area contributed by atoms with Gasteiger partial charge in [0.1, 0.15) is 0 Å². The van der Waals surface area contributed by atoms with Crippen molar-refractivity contribution in [1.29, 1.82) is 0 Å². The quantitative estimate of drug-likeness (QED) is 0.802. The number of nitrogens with one attached hydrogen (secondary N) is 2. The first kappa shape index (κ1) is 14.4. The van der Waals surface area contributed by atoms with Crippen LogP contribution in [0.1, 0.15) is 37.7 Å². The van der Waals surface area contributed by atoms with E-state index in [-0.39, 0.29) is 17.4 Å². The van der Waals surface area contributed by atoms with Gasteiger partial charge in [-0.1, -0.05) is 24.4 Å². The minimum Gasteiger partial charge on any atom is -0.325 e. The Labute approximate surface area is 128 Å². The molecule has 21 heavy (non-hydrogen) atoms. The molecule has 0 spiro atoms. The molecular formula is C15H18ClN3O2. The zero-order valence-corrected chi connectivity index (χ0v) is 12.4. The van der Waals surface area contributed by atoms with E-state index in [1.165, 1.54) is 0 Å². The molecule has 5 nitrogen and oxygen atoms in total. The van der Waals surface area contributed by atoms with E-state index < -0.39 is 0 Å². The molecule has 0 unspecified atom stereocenters. The van der Waals surface area contributed by atoms with Crippen LogP contribution >= 0.6 is 11.6 Å². The molecule has 1 fully saturated rings. The average molecular weight is 308 g/mol. The van der Waals surface area contributed by atoms with Crippen LogP contribution in [0.5, 0.6) is 0 Å². The summed E-state index contributed by atoms with van der Waals surface area (Å²) >= 11 is 6.15. The van der Waals surface area contributed by atoms with Gasteiger partial charge < -0.3 is 16.4 Å². The molecule has 6 heteroatoms. The van der Waals surface area contributed by atoms with E-state index in [0.717, 1.165) is 31.2 Å². The molecule has 0 atom stereocenters. The molecule has 1 aliphatic carbocycles. The van der Waals surface area contributed by atoms with Gasteiger partial charge in [-0.25, -0.2) is 0 Å². The van der Waals surface area contributed by atoms with Gasteiger partial charge in [0.05, 0.1) is 17.1 Å². The van der Waals surface area contributed by atoms with Gasteiger partial charge in [-0.05, 0) is 30.5 Å². The van der Waals surface area contributed by atoms with Crippen LogP contribution in [0, 0.1) is 0 Å². The van der Waals surface area contributed by atoms with Crippen molar-refractivity contribution in [3.63, 3.8) is 0 Å². The number of fused-ring (bicyclic) bond motifs is 1. The van der Waals surface area contributed by atoms with Crippen molar-refractivity contribution in [2.45, 2.75) is 44.1 Å². The zero-order chi connectivity index (χ0) is 15.0. The van der Waals surface area contributed by atoms with Crippen molar-refractivity contribution >= 4 is 34.8 Å². The van der Waals surface area contributed by atoms with Crippen molar-refractivity contribution in [3.05, 3.63) is 22.7 Å². The van der Waals surface area contributed by atoms with Crippen LogP contribution in [0.3, 0.4) is 0 Å². The highest BCUT2D eigenvalue weighted by Crippen LogP contribution is 2.34. The average Bonchev–Trinajstić information content (AvgIpc) is 2.95. The van der Waals surface area contributed by atoms with Crippen LogP contribution in [0.4, 0.5) is 11.4 Å². The standard InChI is InChI=1S/C15H18ClN3O2/c16-10-7-11-9(6-13(20)18-11)5-12(10)19-14(21)8-15(17)3-1-2-4-15/h5,7H,1-4,6,8,17H2,(H,18,20)(H,19,21). The molecule has 112 valence electrons. The lowest BCUT2D eigenvalue weighted by Gasteiger charge is -2.22. The van der Waals surface area contributed by atoms with Crippen LogP contribution in [0.2, 0.25) is 5.02 Å². The van der Waals surface area contributed by atoms with Crippen molar-refractivity contribution < 1.29 is 9.59 Å².